The Morgan fingerprint density at radius 1 is 1.31 bits per heavy atom. The SMILES string of the molecule is CC(C)(O)O[C@@H]1COC2OC(C)(C)OC2C1. The van der Waals surface area contributed by atoms with E-state index < -0.39 is 11.6 Å². The Morgan fingerprint density at radius 2 is 2.00 bits per heavy atom. The zero-order chi connectivity index (χ0) is 12.0. The average molecular weight is 232 g/mol. The Bertz CT molecular complexity index is 258. The summed E-state index contributed by atoms with van der Waals surface area (Å²) in [4.78, 5) is 0. The Balaban J connectivity index is 1.91. The van der Waals surface area contributed by atoms with Gasteiger partial charge in [0.1, 0.15) is 6.10 Å². The van der Waals surface area contributed by atoms with Crippen molar-refractivity contribution in [2.45, 2.75) is 64.2 Å². The summed E-state index contributed by atoms with van der Waals surface area (Å²) in [7, 11) is 0. The minimum atomic E-state index is -1.14. The Labute approximate surface area is 95.6 Å². The van der Waals surface area contributed by atoms with Gasteiger partial charge in [-0.2, -0.15) is 0 Å². The van der Waals surface area contributed by atoms with Gasteiger partial charge < -0.3 is 24.1 Å². The van der Waals surface area contributed by atoms with Crippen LogP contribution in [0, 0.1) is 0 Å². The monoisotopic (exact) mass is 232 g/mol. The van der Waals surface area contributed by atoms with Gasteiger partial charge in [-0.15, -0.1) is 0 Å². The first kappa shape index (κ1) is 12.3. The maximum absolute atomic E-state index is 9.56. The van der Waals surface area contributed by atoms with Crippen molar-refractivity contribution in [3.05, 3.63) is 0 Å². The number of hydrogen-bond acceptors (Lipinski definition) is 5. The van der Waals surface area contributed by atoms with Crippen LogP contribution in [0.3, 0.4) is 0 Å². The molecule has 2 saturated heterocycles. The molecule has 2 fully saturated rings. The van der Waals surface area contributed by atoms with Crippen LogP contribution in [-0.2, 0) is 18.9 Å². The highest BCUT2D eigenvalue weighted by Gasteiger charge is 2.46. The summed E-state index contributed by atoms with van der Waals surface area (Å²) in [6.45, 7) is 7.36. The normalized spacial score (nSPS) is 38.4. The van der Waals surface area contributed by atoms with Gasteiger partial charge in [0.2, 0.25) is 0 Å². The van der Waals surface area contributed by atoms with Crippen molar-refractivity contribution in [1.82, 2.24) is 0 Å². The molecular weight excluding hydrogens is 212 g/mol. The van der Waals surface area contributed by atoms with Crippen molar-refractivity contribution in [1.29, 1.82) is 0 Å². The van der Waals surface area contributed by atoms with Crippen LogP contribution >= 0.6 is 0 Å². The molecule has 0 aromatic rings. The maximum atomic E-state index is 9.56. The van der Waals surface area contributed by atoms with Gasteiger partial charge >= 0.3 is 0 Å². The van der Waals surface area contributed by atoms with Crippen LogP contribution in [0.1, 0.15) is 34.1 Å². The molecule has 0 aromatic heterocycles. The summed E-state index contributed by atoms with van der Waals surface area (Å²) < 4.78 is 22.2. The highest BCUT2D eigenvalue weighted by atomic mass is 16.8. The highest BCUT2D eigenvalue weighted by molar-refractivity contribution is 4.83. The molecule has 0 radical (unpaired) electrons. The first-order valence-corrected chi connectivity index (χ1v) is 5.63. The predicted molar refractivity (Wildman–Crippen MR) is 55.6 cm³/mol. The second-order valence-electron chi connectivity index (χ2n) is 5.30. The molecule has 5 nitrogen and oxygen atoms in total. The van der Waals surface area contributed by atoms with Crippen LogP contribution in [0.25, 0.3) is 0 Å². The first-order valence-electron chi connectivity index (χ1n) is 5.63. The molecule has 0 aromatic carbocycles. The fourth-order valence-corrected chi connectivity index (χ4v) is 2.12. The van der Waals surface area contributed by atoms with Gasteiger partial charge in [-0.25, -0.2) is 0 Å². The Morgan fingerprint density at radius 3 is 2.62 bits per heavy atom. The van der Waals surface area contributed by atoms with Crippen LogP contribution in [-0.4, -0.2) is 41.8 Å². The van der Waals surface area contributed by atoms with Crippen molar-refractivity contribution < 1.29 is 24.1 Å². The molecule has 2 rings (SSSR count). The smallest absolute Gasteiger partial charge is 0.187 e. The second kappa shape index (κ2) is 3.92. The molecular formula is C11H20O5. The molecule has 0 amide bonds. The zero-order valence-electron chi connectivity index (χ0n) is 10.2. The lowest BCUT2D eigenvalue weighted by atomic mass is 10.1. The molecule has 1 N–H and O–H groups in total. The lowest BCUT2D eigenvalue weighted by Crippen LogP contribution is -2.43. The van der Waals surface area contributed by atoms with Gasteiger partial charge in [0.25, 0.3) is 0 Å². The molecule has 94 valence electrons. The molecule has 2 unspecified atom stereocenters. The fourth-order valence-electron chi connectivity index (χ4n) is 2.12. The second-order valence-corrected chi connectivity index (χ2v) is 5.30. The molecule has 5 heteroatoms. The number of fused-ring (bicyclic) bond motifs is 1. The van der Waals surface area contributed by atoms with Crippen LogP contribution in [0.4, 0.5) is 0 Å². The fraction of sp³-hybridized carbons (Fsp3) is 1.00. The Kier molecular flexibility index (Phi) is 3.01. The van der Waals surface area contributed by atoms with Crippen molar-refractivity contribution in [3.63, 3.8) is 0 Å². The molecule has 2 aliphatic heterocycles. The molecule has 3 atom stereocenters. The van der Waals surface area contributed by atoms with Gasteiger partial charge in [0.05, 0.1) is 12.7 Å². The molecule has 16 heavy (non-hydrogen) atoms. The van der Waals surface area contributed by atoms with Gasteiger partial charge in [0.15, 0.2) is 17.9 Å². The Hall–Kier alpha value is -0.200. The van der Waals surface area contributed by atoms with Crippen molar-refractivity contribution >= 4 is 0 Å². The van der Waals surface area contributed by atoms with Crippen molar-refractivity contribution in [3.8, 4) is 0 Å². The molecule has 2 heterocycles. The number of aliphatic hydroxyl groups is 1. The minimum absolute atomic E-state index is 0.115. The average Bonchev–Trinajstić information content (AvgIpc) is 2.34. The van der Waals surface area contributed by atoms with Crippen LogP contribution in [0.5, 0.6) is 0 Å². The molecule has 0 saturated carbocycles. The van der Waals surface area contributed by atoms with Crippen molar-refractivity contribution in [2.75, 3.05) is 6.61 Å². The summed E-state index contributed by atoms with van der Waals surface area (Å²) in [5.74, 6) is -1.74. The van der Waals surface area contributed by atoms with E-state index in [0.29, 0.717) is 13.0 Å². The van der Waals surface area contributed by atoms with E-state index in [1.54, 1.807) is 13.8 Å². The van der Waals surface area contributed by atoms with E-state index in [1.165, 1.54) is 0 Å². The van der Waals surface area contributed by atoms with Gasteiger partial charge in [-0.3, -0.25) is 0 Å². The van der Waals surface area contributed by atoms with E-state index in [9.17, 15) is 5.11 Å². The third kappa shape index (κ3) is 2.93. The van der Waals surface area contributed by atoms with Gasteiger partial charge in [-0.05, 0) is 27.7 Å². The standard InChI is InChI=1S/C11H20O5/c1-10(2,12)14-7-5-8-9(13-6-7)16-11(3,4)15-8/h7-9,12H,5-6H2,1-4H3/t7-,8?,9?/m0/s1. The summed E-state index contributed by atoms with van der Waals surface area (Å²) >= 11 is 0. The quantitative estimate of drug-likeness (QED) is 0.720. The minimum Gasteiger partial charge on any atom is -0.366 e. The van der Waals surface area contributed by atoms with E-state index in [1.807, 2.05) is 13.8 Å². The van der Waals surface area contributed by atoms with E-state index in [-0.39, 0.29) is 18.5 Å². The molecule has 2 aliphatic rings. The summed E-state index contributed by atoms with van der Waals surface area (Å²) in [5, 5.41) is 9.56. The van der Waals surface area contributed by atoms with Crippen LogP contribution in [0.15, 0.2) is 0 Å². The number of hydrogen-bond donors (Lipinski definition) is 1. The zero-order valence-corrected chi connectivity index (χ0v) is 10.2. The van der Waals surface area contributed by atoms with Gasteiger partial charge in [0, 0.05) is 6.42 Å². The molecule has 0 bridgehead atoms. The first-order chi connectivity index (χ1) is 7.25. The summed E-state index contributed by atoms with van der Waals surface area (Å²) in [6.07, 6.45) is 0.101. The summed E-state index contributed by atoms with van der Waals surface area (Å²) in [6, 6.07) is 0. The third-order valence-electron chi connectivity index (χ3n) is 2.54. The van der Waals surface area contributed by atoms with Gasteiger partial charge in [-0.1, -0.05) is 0 Å². The molecule has 0 spiro atoms. The van der Waals surface area contributed by atoms with Crippen LogP contribution in [0.2, 0.25) is 0 Å². The largest absolute Gasteiger partial charge is 0.366 e. The van der Waals surface area contributed by atoms with Crippen LogP contribution < -0.4 is 0 Å². The lowest BCUT2D eigenvalue weighted by Gasteiger charge is -2.33. The number of rotatable bonds is 2. The van der Waals surface area contributed by atoms with Crippen molar-refractivity contribution in [2.24, 2.45) is 0 Å². The topological polar surface area (TPSA) is 57.2 Å². The summed E-state index contributed by atoms with van der Waals surface area (Å²) in [5.41, 5.74) is 0. The highest BCUT2D eigenvalue weighted by Crippen LogP contribution is 2.35. The lowest BCUT2D eigenvalue weighted by molar-refractivity contribution is -0.254. The van der Waals surface area contributed by atoms with E-state index in [4.69, 9.17) is 18.9 Å². The predicted octanol–water partition coefficient (Wildman–Crippen LogP) is 0.998. The molecule has 0 aliphatic carbocycles. The van der Waals surface area contributed by atoms with E-state index in [2.05, 4.69) is 0 Å². The third-order valence-corrected chi connectivity index (χ3v) is 2.54. The van der Waals surface area contributed by atoms with E-state index in [0.717, 1.165) is 0 Å². The number of ether oxygens (including phenoxy) is 4. The maximum Gasteiger partial charge on any atom is 0.187 e. The van der Waals surface area contributed by atoms with E-state index >= 15 is 0 Å².